The second-order valence-electron chi connectivity index (χ2n) is 9.19. The molecule has 2 aliphatic rings. The maximum absolute atomic E-state index is 12.8. The highest BCUT2D eigenvalue weighted by Crippen LogP contribution is 2.23. The van der Waals surface area contributed by atoms with Crippen LogP contribution in [0.25, 0.3) is 0 Å². The van der Waals surface area contributed by atoms with Gasteiger partial charge in [0.1, 0.15) is 5.60 Å². The van der Waals surface area contributed by atoms with Gasteiger partial charge < -0.3 is 24.6 Å². The first-order valence-electron chi connectivity index (χ1n) is 10.9. The van der Waals surface area contributed by atoms with Crippen LogP contribution < -0.4 is 10.2 Å². The zero-order valence-electron chi connectivity index (χ0n) is 18.6. The summed E-state index contributed by atoms with van der Waals surface area (Å²) < 4.78 is 10.9. The number of carbonyl (C=O) groups is 2. The summed E-state index contributed by atoms with van der Waals surface area (Å²) in [6.07, 6.45) is 1.25. The summed E-state index contributed by atoms with van der Waals surface area (Å²) in [5, 5.41) is 3.12. The van der Waals surface area contributed by atoms with E-state index in [0.717, 1.165) is 44.7 Å². The molecule has 2 aliphatic heterocycles. The fraction of sp³-hybridized carbons (Fsp3) is 0.652. The maximum Gasteiger partial charge on any atom is 0.410 e. The summed E-state index contributed by atoms with van der Waals surface area (Å²) in [5.74, 6) is -0.214. The molecular formula is C23H35N3O4. The minimum Gasteiger partial charge on any atom is -0.444 e. The zero-order valence-corrected chi connectivity index (χ0v) is 18.6. The molecule has 1 aromatic carbocycles. The Hall–Kier alpha value is -2.28. The molecular weight excluding hydrogens is 382 g/mol. The minimum absolute atomic E-state index is 0.00647. The van der Waals surface area contributed by atoms with Gasteiger partial charge in [-0.1, -0.05) is 12.1 Å². The smallest absolute Gasteiger partial charge is 0.410 e. The van der Waals surface area contributed by atoms with Crippen LogP contribution in [0.15, 0.2) is 24.3 Å². The SMILES string of the molecule is CC(NC(=O)C1CCCN(C(=O)OC(C)(C)C)C1)c1ccc(N2CCOCC2)cc1. The van der Waals surface area contributed by atoms with Crippen LogP contribution in [0.4, 0.5) is 10.5 Å². The Bertz CT molecular complexity index is 723. The van der Waals surface area contributed by atoms with E-state index in [1.54, 1.807) is 4.90 Å². The van der Waals surface area contributed by atoms with Crippen molar-refractivity contribution in [3.8, 4) is 0 Å². The van der Waals surface area contributed by atoms with Crippen LogP contribution in [0.5, 0.6) is 0 Å². The van der Waals surface area contributed by atoms with Crippen molar-refractivity contribution in [3.63, 3.8) is 0 Å². The van der Waals surface area contributed by atoms with E-state index < -0.39 is 5.60 Å². The number of hydrogen-bond acceptors (Lipinski definition) is 5. The van der Waals surface area contributed by atoms with Crippen LogP contribution in [0.3, 0.4) is 0 Å². The number of nitrogens with one attached hydrogen (secondary N) is 1. The van der Waals surface area contributed by atoms with Gasteiger partial charge in [-0.2, -0.15) is 0 Å². The molecule has 1 aromatic rings. The first-order valence-corrected chi connectivity index (χ1v) is 10.9. The van der Waals surface area contributed by atoms with Gasteiger partial charge in [-0.3, -0.25) is 4.79 Å². The van der Waals surface area contributed by atoms with Crippen LogP contribution in [0.1, 0.15) is 52.1 Å². The van der Waals surface area contributed by atoms with Crippen molar-refractivity contribution in [3.05, 3.63) is 29.8 Å². The Morgan fingerprint density at radius 3 is 2.43 bits per heavy atom. The van der Waals surface area contributed by atoms with Gasteiger partial charge in [-0.05, 0) is 58.2 Å². The number of ether oxygens (including phenoxy) is 2. The normalized spacial score (nSPS) is 21.1. The lowest BCUT2D eigenvalue weighted by Gasteiger charge is -2.34. The molecule has 7 nitrogen and oxygen atoms in total. The predicted molar refractivity (Wildman–Crippen MR) is 117 cm³/mol. The summed E-state index contributed by atoms with van der Waals surface area (Å²) >= 11 is 0. The van der Waals surface area contributed by atoms with Crippen molar-refractivity contribution in [2.75, 3.05) is 44.3 Å². The fourth-order valence-corrected chi connectivity index (χ4v) is 3.89. The van der Waals surface area contributed by atoms with E-state index in [1.165, 1.54) is 5.69 Å². The second-order valence-corrected chi connectivity index (χ2v) is 9.19. The average molecular weight is 418 g/mol. The largest absolute Gasteiger partial charge is 0.444 e. The highest BCUT2D eigenvalue weighted by Gasteiger charge is 2.31. The molecule has 0 aromatic heterocycles. The molecule has 30 heavy (non-hydrogen) atoms. The second kappa shape index (κ2) is 9.69. The zero-order chi connectivity index (χ0) is 21.7. The Morgan fingerprint density at radius 1 is 1.13 bits per heavy atom. The molecule has 0 aliphatic carbocycles. The molecule has 166 valence electrons. The summed E-state index contributed by atoms with van der Waals surface area (Å²) in [6.45, 7) is 11.9. The molecule has 2 fully saturated rings. The number of anilines is 1. The number of nitrogens with zero attached hydrogens (tertiary/aromatic N) is 2. The number of morpholine rings is 1. The standard InChI is InChI=1S/C23H35N3O4/c1-17(18-7-9-20(10-8-18)25-12-14-29-15-13-25)24-21(27)19-6-5-11-26(16-19)22(28)30-23(2,3)4/h7-10,17,19H,5-6,11-16H2,1-4H3,(H,24,27). The van der Waals surface area contributed by atoms with Gasteiger partial charge in [0.25, 0.3) is 0 Å². The monoisotopic (exact) mass is 417 g/mol. The molecule has 2 saturated heterocycles. The summed E-state index contributed by atoms with van der Waals surface area (Å²) in [6, 6.07) is 8.27. The third-order valence-corrected chi connectivity index (χ3v) is 5.57. The average Bonchev–Trinajstić information content (AvgIpc) is 2.73. The highest BCUT2D eigenvalue weighted by atomic mass is 16.6. The lowest BCUT2D eigenvalue weighted by atomic mass is 9.96. The molecule has 0 spiro atoms. The van der Waals surface area contributed by atoms with Crippen molar-refractivity contribution in [1.29, 1.82) is 0 Å². The third-order valence-electron chi connectivity index (χ3n) is 5.57. The van der Waals surface area contributed by atoms with E-state index in [2.05, 4.69) is 34.5 Å². The third kappa shape index (κ3) is 6.11. The van der Waals surface area contributed by atoms with E-state index in [-0.39, 0.29) is 24.0 Å². The number of rotatable bonds is 4. The van der Waals surface area contributed by atoms with Crippen LogP contribution in [-0.2, 0) is 14.3 Å². The Balaban J connectivity index is 1.53. The van der Waals surface area contributed by atoms with E-state index in [9.17, 15) is 9.59 Å². The molecule has 2 unspecified atom stereocenters. The van der Waals surface area contributed by atoms with Crippen LogP contribution in [0, 0.1) is 5.92 Å². The predicted octanol–water partition coefficient (Wildman–Crippen LogP) is 3.35. The van der Waals surface area contributed by atoms with Crippen molar-refractivity contribution < 1.29 is 19.1 Å². The maximum atomic E-state index is 12.8. The number of amides is 2. The van der Waals surface area contributed by atoms with Crippen LogP contribution >= 0.6 is 0 Å². The van der Waals surface area contributed by atoms with Gasteiger partial charge in [-0.15, -0.1) is 0 Å². The van der Waals surface area contributed by atoms with Crippen molar-refractivity contribution in [1.82, 2.24) is 10.2 Å². The van der Waals surface area contributed by atoms with Crippen molar-refractivity contribution >= 4 is 17.7 Å². The van der Waals surface area contributed by atoms with Crippen LogP contribution in [-0.4, -0.2) is 61.9 Å². The van der Waals surface area contributed by atoms with Gasteiger partial charge >= 0.3 is 6.09 Å². The number of carbonyl (C=O) groups excluding carboxylic acids is 2. The molecule has 2 heterocycles. The topological polar surface area (TPSA) is 71.1 Å². The number of piperidine rings is 1. The molecule has 1 N–H and O–H groups in total. The summed E-state index contributed by atoms with van der Waals surface area (Å²) in [4.78, 5) is 29.1. The molecule has 7 heteroatoms. The fourth-order valence-electron chi connectivity index (χ4n) is 3.89. The first-order chi connectivity index (χ1) is 14.2. The Labute approximate surface area is 179 Å². The minimum atomic E-state index is -0.534. The van der Waals surface area contributed by atoms with Gasteiger partial charge in [-0.25, -0.2) is 4.79 Å². The highest BCUT2D eigenvalue weighted by molar-refractivity contribution is 5.80. The van der Waals surface area contributed by atoms with E-state index >= 15 is 0 Å². The van der Waals surface area contributed by atoms with Crippen LogP contribution in [0.2, 0.25) is 0 Å². The van der Waals surface area contributed by atoms with E-state index in [0.29, 0.717) is 13.1 Å². The Kier molecular flexibility index (Phi) is 7.23. The molecule has 0 radical (unpaired) electrons. The van der Waals surface area contributed by atoms with E-state index in [1.807, 2.05) is 27.7 Å². The van der Waals surface area contributed by atoms with Gasteiger partial charge in [0.2, 0.25) is 5.91 Å². The lowest BCUT2D eigenvalue weighted by molar-refractivity contribution is -0.127. The molecule has 0 bridgehead atoms. The Morgan fingerprint density at radius 2 is 1.80 bits per heavy atom. The summed E-state index contributed by atoms with van der Waals surface area (Å²) in [7, 11) is 0. The molecule has 3 rings (SSSR count). The van der Waals surface area contributed by atoms with Gasteiger partial charge in [0, 0.05) is 31.9 Å². The molecule has 0 saturated carbocycles. The van der Waals surface area contributed by atoms with Gasteiger partial charge in [0.15, 0.2) is 0 Å². The first kappa shape index (κ1) is 22.4. The lowest BCUT2D eigenvalue weighted by Crippen LogP contribution is -2.47. The number of benzene rings is 1. The molecule has 2 amide bonds. The van der Waals surface area contributed by atoms with E-state index in [4.69, 9.17) is 9.47 Å². The molecule has 2 atom stereocenters. The summed E-state index contributed by atoms with van der Waals surface area (Å²) in [5.41, 5.74) is 1.72. The van der Waals surface area contributed by atoms with Crippen molar-refractivity contribution in [2.24, 2.45) is 5.92 Å². The number of hydrogen-bond donors (Lipinski definition) is 1. The number of likely N-dealkylation sites (tertiary alicyclic amines) is 1. The quantitative estimate of drug-likeness (QED) is 0.814. The van der Waals surface area contributed by atoms with Crippen molar-refractivity contribution in [2.45, 2.75) is 52.2 Å². The van der Waals surface area contributed by atoms with Gasteiger partial charge in [0.05, 0.1) is 25.2 Å².